The Hall–Kier alpha value is -4.33. The number of nitrogens with one attached hydrogen (secondary N) is 1. The molecule has 0 radical (unpaired) electrons. The Balaban J connectivity index is 1.82. The number of hydrogen-bond donors (Lipinski definition) is 1. The summed E-state index contributed by atoms with van der Waals surface area (Å²) >= 11 is 0. The van der Waals surface area contributed by atoms with Crippen LogP contribution in [-0.2, 0) is 9.59 Å². The molecule has 0 fully saturated rings. The van der Waals surface area contributed by atoms with Gasteiger partial charge >= 0.3 is 0 Å². The molecule has 1 aliphatic heterocycles. The van der Waals surface area contributed by atoms with Crippen molar-refractivity contribution < 1.29 is 28.2 Å². The maximum absolute atomic E-state index is 13.9. The molecule has 34 heavy (non-hydrogen) atoms. The van der Waals surface area contributed by atoms with Crippen LogP contribution < -0.4 is 24.4 Å². The van der Waals surface area contributed by atoms with Gasteiger partial charge in [-0.3, -0.25) is 9.59 Å². The van der Waals surface area contributed by atoms with E-state index in [1.165, 1.54) is 32.4 Å². The SMILES string of the molecule is CCOc1ccc(C2=C(Nc3ccc(OC)cc3OC)C(=O)N(c3cccc(F)c3)C2=O)cc1. The number of amides is 2. The van der Waals surface area contributed by atoms with Gasteiger partial charge in [-0.1, -0.05) is 18.2 Å². The van der Waals surface area contributed by atoms with Crippen LogP contribution in [0.5, 0.6) is 17.2 Å². The first-order valence-electron chi connectivity index (χ1n) is 10.6. The molecule has 0 bridgehead atoms. The van der Waals surface area contributed by atoms with E-state index in [4.69, 9.17) is 14.2 Å². The Morgan fingerprint density at radius 2 is 1.62 bits per heavy atom. The van der Waals surface area contributed by atoms with Crippen molar-refractivity contribution in [2.75, 3.05) is 31.0 Å². The van der Waals surface area contributed by atoms with Gasteiger partial charge in [0, 0.05) is 6.07 Å². The fourth-order valence-electron chi connectivity index (χ4n) is 3.68. The van der Waals surface area contributed by atoms with E-state index < -0.39 is 17.6 Å². The molecule has 3 aromatic carbocycles. The van der Waals surface area contributed by atoms with Crippen LogP contribution >= 0.6 is 0 Å². The minimum Gasteiger partial charge on any atom is -0.497 e. The quantitative estimate of drug-likeness (QED) is 0.492. The third kappa shape index (κ3) is 4.30. The Morgan fingerprint density at radius 3 is 2.26 bits per heavy atom. The van der Waals surface area contributed by atoms with Gasteiger partial charge in [-0.05, 0) is 55.0 Å². The highest BCUT2D eigenvalue weighted by molar-refractivity contribution is 6.46. The predicted octanol–water partition coefficient (Wildman–Crippen LogP) is 4.64. The molecule has 0 saturated carbocycles. The van der Waals surface area contributed by atoms with E-state index in [2.05, 4.69) is 5.32 Å². The summed E-state index contributed by atoms with van der Waals surface area (Å²) in [5, 5.41) is 3.06. The molecule has 0 saturated heterocycles. The summed E-state index contributed by atoms with van der Waals surface area (Å²) in [5.41, 5.74) is 1.30. The van der Waals surface area contributed by atoms with E-state index in [1.807, 2.05) is 6.92 Å². The molecular formula is C26H23FN2O5. The summed E-state index contributed by atoms with van der Waals surface area (Å²) in [6.07, 6.45) is 0. The summed E-state index contributed by atoms with van der Waals surface area (Å²) in [5.74, 6) is -0.122. The second-order valence-electron chi connectivity index (χ2n) is 7.32. The third-order valence-electron chi connectivity index (χ3n) is 5.27. The van der Waals surface area contributed by atoms with E-state index >= 15 is 0 Å². The van der Waals surface area contributed by atoms with Crippen molar-refractivity contribution in [1.29, 1.82) is 0 Å². The first-order chi connectivity index (χ1) is 16.5. The van der Waals surface area contributed by atoms with Crippen molar-refractivity contribution >= 4 is 28.8 Å². The summed E-state index contributed by atoms with van der Waals surface area (Å²) < 4.78 is 30.1. The average Bonchev–Trinajstić information content (AvgIpc) is 3.09. The maximum atomic E-state index is 13.9. The Bertz CT molecular complexity index is 1270. The second kappa shape index (κ2) is 9.66. The van der Waals surface area contributed by atoms with E-state index in [0.29, 0.717) is 35.1 Å². The molecule has 1 heterocycles. The van der Waals surface area contributed by atoms with Gasteiger partial charge in [0.1, 0.15) is 28.8 Å². The minimum absolute atomic E-state index is 0.0434. The van der Waals surface area contributed by atoms with Crippen LogP contribution in [0.3, 0.4) is 0 Å². The molecular weight excluding hydrogens is 439 g/mol. The van der Waals surface area contributed by atoms with Crippen molar-refractivity contribution in [1.82, 2.24) is 0 Å². The van der Waals surface area contributed by atoms with Crippen molar-refractivity contribution in [3.63, 3.8) is 0 Å². The first kappa shape index (κ1) is 22.8. The lowest BCUT2D eigenvalue weighted by molar-refractivity contribution is -0.120. The van der Waals surface area contributed by atoms with Crippen LogP contribution in [0.15, 0.2) is 72.4 Å². The zero-order chi connectivity index (χ0) is 24.2. The second-order valence-corrected chi connectivity index (χ2v) is 7.32. The molecule has 174 valence electrons. The number of benzene rings is 3. The zero-order valence-corrected chi connectivity index (χ0v) is 18.9. The van der Waals surface area contributed by atoms with Gasteiger partial charge in [0.2, 0.25) is 0 Å². The van der Waals surface area contributed by atoms with E-state index in [1.54, 1.807) is 42.5 Å². The number of halogens is 1. The fraction of sp³-hybridized carbons (Fsp3) is 0.154. The molecule has 3 aromatic rings. The standard InChI is InChI=1S/C26H23FN2O5/c1-4-34-19-10-8-16(9-11-19)23-24(28-21-13-12-20(32-2)15-22(21)33-3)26(31)29(25(23)30)18-7-5-6-17(27)14-18/h5-15,28H,4H2,1-3H3. The van der Waals surface area contributed by atoms with Crippen LogP contribution in [0.1, 0.15) is 12.5 Å². The number of carbonyl (C=O) groups is 2. The lowest BCUT2D eigenvalue weighted by Gasteiger charge is -2.16. The molecule has 0 atom stereocenters. The zero-order valence-electron chi connectivity index (χ0n) is 18.9. The minimum atomic E-state index is -0.614. The topological polar surface area (TPSA) is 77.1 Å². The maximum Gasteiger partial charge on any atom is 0.282 e. The largest absolute Gasteiger partial charge is 0.497 e. The highest BCUT2D eigenvalue weighted by atomic mass is 19.1. The van der Waals surface area contributed by atoms with Gasteiger partial charge < -0.3 is 19.5 Å². The van der Waals surface area contributed by atoms with Crippen LogP contribution in [-0.4, -0.2) is 32.6 Å². The number of nitrogens with zero attached hydrogens (tertiary/aromatic N) is 1. The lowest BCUT2D eigenvalue weighted by atomic mass is 10.0. The molecule has 8 heteroatoms. The van der Waals surface area contributed by atoms with Crippen LogP contribution in [0, 0.1) is 5.82 Å². The van der Waals surface area contributed by atoms with Gasteiger partial charge in [-0.2, -0.15) is 0 Å². The number of imide groups is 1. The Labute approximate surface area is 196 Å². The molecule has 4 rings (SSSR count). The van der Waals surface area contributed by atoms with E-state index in [-0.39, 0.29) is 17.0 Å². The fourth-order valence-corrected chi connectivity index (χ4v) is 3.68. The molecule has 0 aliphatic carbocycles. The molecule has 0 aromatic heterocycles. The average molecular weight is 462 g/mol. The molecule has 7 nitrogen and oxygen atoms in total. The highest BCUT2D eigenvalue weighted by Gasteiger charge is 2.40. The van der Waals surface area contributed by atoms with Gasteiger partial charge in [0.15, 0.2) is 0 Å². The van der Waals surface area contributed by atoms with Gasteiger partial charge in [-0.25, -0.2) is 9.29 Å². The molecule has 2 amide bonds. The normalized spacial score (nSPS) is 13.4. The van der Waals surface area contributed by atoms with Crippen LogP contribution in [0.2, 0.25) is 0 Å². The number of ether oxygens (including phenoxy) is 3. The smallest absolute Gasteiger partial charge is 0.282 e. The van der Waals surface area contributed by atoms with Gasteiger partial charge in [0.05, 0.1) is 37.8 Å². The number of methoxy groups -OCH3 is 2. The molecule has 0 unspecified atom stereocenters. The van der Waals surface area contributed by atoms with Gasteiger partial charge in [-0.15, -0.1) is 0 Å². The predicted molar refractivity (Wildman–Crippen MR) is 127 cm³/mol. The van der Waals surface area contributed by atoms with Crippen molar-refractivity contribution in [3.8, 4) is 17.2 Å². The summed E-state index contributed by atoms with van der Waals surface area (Å²) in [6, 6.07) is 17.2. The Morgan fingerprint density at radius 1 is 0.882 bits per heavy atom. The van der Waals surface area contributed by atoms with Crippen molar-refractivity contribution in [2.24, 2.45) is 0 Å². The lowest BCUT2D eigenvalue weighted by Crippen LogP contribution is -2.32. The molecule has 1 aliphatic rings. The van der Waals surface area contributed by atoms with Crippen molar-refractivity contribution in [2.45, 2.75) is 6.92 Å². The molecule has 1 N–H and O–H groups in total. The van der Waals surface area contributed by atoms with E-state index in [9.17, 15) is 14.0 Å². The summed E-state index contributed by atoms with van der Waals surface area (Å²) in [4.78, 5) is 27.9. The highest BCUT2D eigenvalue weighted by Crippen LogP contribution is 2.37. The number of rotatable bonds is 8. The van der Waals surface area contributed by atoms with Crippen molar-refractivity contribution in [3.05, 3.63) is 83.8 Å². The summed E-state index contributed by atoms with van der Waals surface area (Å²) in [7, 11) is 3.02. The third-order valence-corrected chi connectivity index (χ3v) is 5.27. The number of carbonyl (C=O) groups excluding carboxylic acids is 2. The summed E-state index contributed by atoms with van der Waals surface area (Å²) in [6.45, 7) is 2.37. The first-order valence-corrected chi connectivity index (χ1v) is 10.6. The Kier molecular flexibility index (Phi) is 6.49. The monoisotopic (exact) mass is 462 g/mol. The van der Waals surface area contributed by atoms with E-state index in [0.717, 1.165) is 11.0 Å². The number of anilines is 2. The van der Waals surface area contributed by atoms with Gasteiger partial charge in [0.25, 0.3) is 11.8 Å². The molecule has 0 spiro atoms. The van der Waals surface area contributed by atoms with Crippen LogP contribution in [0.25, 0.3) is 5.57 Å². The van der Waals surface area contributed by atoms with Crippen LogP contribution in [0.4, 0.5) is 15.8 Å². The number of hydrogen-bond acceptors (Lipinski definition) is 6.